The van der Waals surface area contributed by atoms with Crippen molar-refractivity contribution in [3.63, 3.8) is 0 Å². The molecule has 0 radical (unpaired) electrons. The highest BCUT2D eigenvalue weighted by atomic mass is 79.9. The lowest BCUT2D eigenvalue weighted by molar-refractivity contribution is 0.0754. The number of halogens is 1. The fraction of sp³-hybridized carbons (Fsp3) is 0.533. The molecule has 0 aliphatic heterocycles. The Morgan fingerprint density at radius 2 is 2.11 bits per heavy atom. The van der Waals surface area contributed by atoms with Gasteiger partial charge in [0, 0.05) is 23.2 Å². The fourth-order valence-corrected chi connectivity index (χ4v) is 1.96. The average Bonchev–Trinajstić information content (AvgIpc) is 2.36. The van der Waals surface area contributed by atoms with E-state index >= 15 is 0 Å². The summed E-state index contributed by atoms with van der Waals surface area (Å²) in [4.78, 5) is 11.9. The first-order chi connectivity index (χ1) is 9.00. The second kappa shape index (κ2) is 8.33. The van der Waals surface area contributed by atoms with Crippen molar-refractivity contribution in [2.45, 2.75) is 39.7 Å². The molecule has 1 aromatic rings. The topological polar surface area (TPSA) is 38.3 Å². The van der Waals surface area contributed by atoms with Gasteiger partial charge in [-0.25, -0.2) is 0 Å². The number of hydrogen-bond acceptors (Lipinski definition) is 2. The third-order valence-electron chi connectivity index (χ3n) is 2.74. The van der Waals surface area contributed by atoms with E-state index in [1.165, 1.54) is 0 Å². The van der Waals surface area contributed by atoms with Crippen LogP contribution < -0.4 is 5.32 Å². The molecule has 0 aromatic heterocycles. The van der Waals surface area contributed by atoms with Crippen LogP contribution in [0.15, 0.2) is 22.7 Å². The minimum atomic E-state index is -0.0227. The monoisotopic (exact) mass is 327 g/mol. The van der Waals surface area contributed by atoms with Crippen molar-refractivity contribution in [1.82, 2.24) is 5.32 Å². The number of carbonyl (C=O) groups is 1. The number of rotatable bonds is 7. The molecule has 0 fully saturated rings. The van der Waals surface area contributed by atoms with Crippen LogP contribution in [0, 0.1) is 6.92 Å². The quantitative estimate of drug-likeness (QED) is 0.775. The smallest absolute Gasteiger partial charge is 0.251 e. The van der Waals surface area contributed by atoms with Gasteiger partial charge in [-0.1, -0.05) is 22.0 Å². The molecule has 0 atom stereocenters. The van der Waals surface area contributed by atoms with Gasteiger partial charge in [0.15, 0.2) is 0 Å². The first-order valence-electron chi connectivity index (χ1n) is 6.66. The molecule has 106 valence electrons. The number of hydrogen-bond donors (Lipinski definition) is 1. The maximum Gasteiger partial charge on any atom is 0.251 e. The Morgan fingerprint density at radius 3 is 2.74 bits per heavy atom. The molecule has 1 N–H and O–H groups in total. The van der Waals surface area contributed by atoms with Crippen LogP contribution in [-0.2, 0) is 4.74 Å². The fourth-order valence-electron chi connectivity index (χ4n) is 1.58. The molecule has 0 heterocycles. The summed E-state index contributed by atoms with van der Waals surface area (Å²) >= 11 is 3.43. The van der Waals surface area contributed by atoms with Crippen LogP contribution in [0.1, 0.15) is 42.6 Å². The molecule has 0 spiro atoms. The van der Waals surface area contributed by atoms with Crippen LogP contribution >= 0.6 is 15.9 Å². The number of unbranched alkanes of at least 4 members (excludes halogenated alkanes) is 1. The van der Waals surface area contributed by atoms with Gasteiger partial charge in [0.1, 0.15) is 0 Å². The zero-order valence-electron chi connectivity index (χ0n) is 11.8. The summed E-state index contributed by atoms with van der Waals surface area (Å²) in [6.45, 7) is 7.49. The molecule has 0 aliphatic rings. The van der Waals surface area contributed by atoms with E-state index in [0.29, 0.717) is 12.1 Å². The molecule has 0 saturated heterocycles. The second-order valence-electron chi connectivity index (χ2n) is 4.85. The molecule has 19 heavy (non-hydrogen) atoms. The van der Waals surface area contributed by atoms with Crippen molar-refractivity contribution in [1.29, 1.82) is 0 Å². The lowest BCUT2D eigenvalue weighted by Crippen LogP contribution is -2.24. The molecule has 3 nitrogen and oxygen atoms in total. The zero-order chi connectivity index (χ0) is 14.3. The summed E-state index contributed by atoms with van der Waals surface area (Å²) in [6.07, 6.45) is 2.18. The van der Waals surface area contributed by atoms with Crippen LogP contribution in [0.25, 0.3) is 0 Å². The van der Waals surface area contributed by atoms with Gasteiger partial charge in [0.05, 0.1) is 6.10 Å². The minimum Gasteiger partial charge on any atom is -0.379 e. The van der Waals surface area contributed by atoms with Gasteiger partial charge in [0.2, 0.25) is 0 Å². The SMILES string of the molecule is Cc1ccc(C(=O)NCCCCOC(C)C)cc1Br. The van der Waals surface area contributed by atoms with Crippen molar-refractivity contribution in [3.8, 4) is 0 Å². The third-order valence-corrected chi connectivity index (χ3v) is 3.60. The van der Waals surface area contributed by atoms with Gasteiger partial charge >= 0.3 is 0 Å². The van der Waals surface area contributed by atoms with E-state index < -0.39 is 0 Å². The van der Waals surface area contributed by atoms with Crippen molar-refractivity contribution in [2.75, 3.05) is 13.2 Å². The molecule has 1 amide bonds. The summed E-state index contributed by atoms with van der Waals surface area (Å²) in [5, 5.41) is 2.92. The Hall–Kier alpha value is -0.870. The van der Waals surface area contributed by atoms with Gasteiger partial charge in [-0.05, 0) is 51.3 Å². The summed E-state index contributed by atoms with van der Waals surface area (Å²) in [5.74, 6) is -0.0227. The lowest BCUT2D eigenvalue weighted by atomic mass is 10.1. The average molecular weight is 328 g/mol. The number of carbonyl (C=O) groups excluding carboxylic acids is 1. The molecule has 1 rings (SSSR count). The molecular weight excluding hydrogens is 306 g/mol. The van der Waals surface area contributed by atoms with E-state index in [2.05, 4.69) is 21.2 Å². The Kier molecular flexibility index (Phi) is 7.10. The Labute approximate surface area is 123 Å². The van der Waals surface area contributed by atoms with E-state index in [0.717, 1.165) is 29.5 Å². The number of benzene rings is 1. The second-order valence-corrected chi connectivity index (χ2v) is 5.70. The summed E-state index contributed by atoms with van der Waals surface area (Å²) in [5.41, 5.74) is 1.82. The minimum absolute atomic E-state index is 0.0227. The van der Waals surface area contributed by atoms with Gasteiger partial charge in [-0.15, -0.1) is 0 Å². The van der Waals surface area contributed by atoms with Gasteiger partial charge < -0.3 is 10.1 Å². The maximum absolute atomic E-state index is 11.9. The normalized spacial score (nSPS) is 10.8. The molecule has 0 aliphatic carbocycles. The van der Waals surface area contributed by atoms with E-state index in [4.69, 9.17) is 4.74 Å². The van der Waals surface area contributed by atoms with Crippen molar-refractivity contribution < 1.29 is 9.53 Å². The molecule has 0 bridgehead atoms. The van der Waals surface area contributed by atoms with Crippen LogP contribution in [0.4, 0.5) is 0 Å². The van der Waals surface area contributed by atoms with Gasteiger partial charge in [-0.2, -0.15) is 0 Å². The van der Waals surface area contributed by atoms with E-state index in [1.807, 2.05) is 39.0 Å². The molecule has 4 heteroatoms. The predicted octanol–water partition coefficient (Wildman–Crippen LogP) is 3.69. The first-order valence-corrected chi connectivity index (χ1v) is 7.46. The van der Waals surface area contributed by atoms with E-state index in [-0.39, 0.29) is 12.0 Å². The van der Waals surface area contributed by atoms with Crippen molar-refractivity contribution in [2.24, 2.45) is 0 Å². The van der Waals surface area contributed by atoms with Crippen molar-refractivity contribution in [3.05, 3.63) is 33.8 Å². The Balaban J connectivity index is 2.26. The summed E-state index contributed by atoms with van der Waals surface area (Å²) in [7, 11) is 0. The van der Waals surface area contributed by atoms with Gasteiger partial charge in [-0.3, -0.25) is 4.79 Å². The predicted molar refractivity (Wildman–Crippen MR) is 81.5 cm³/mol. The Morgan fingerprint density at radius 1 is 1.37 bits per heavy atom. The van der Waals surface area contributed by atoms with Crippen LogP contribution in [0.3, 0.4) is 0 Å². The summed E-state index contributed by atoms with van der Waals surface area (Å²) in [6, 6.07) is 5.64. The van der Waals surface area contributed by atoms with Crippen LogP contribution in [0.5, 0.6) is 0 Å². The van der Waals surface area contributed by atoms with E-state index in [1.54, 1.807) is 0 Å². The number of ether oxygens (including phenoxy) is 1. The highest BCUT2D eigenvalue weighted by Gasteiger charge is 2.06. The number of aryl methyl sites for hydroxylation is 1. The number of nitrogens with one attached hydrogen (secondary N) is 1. The third kappa shape index (κ3) is 6.21. The number of amides is 1. The molecular formula is C15H22BrNO2. The standard InChI is InChI=1S/C15H22BrNO2/c1-11(2)19-9-5-4-8-17-15(18)13-7-6-12(3)14(16)10-13/h6-7,10-11H,4-5,8-9H2,1-3H3,(H,17,18). The first kappa shape index (κ1) is 16.2. The van der Waals surface area contributed by atoms with Gasteiger partial charge in [0.25, 0.3) is 5.91 Å². The Bertz CT molecular complexity index is 419. The lowest BCUT2D eigenvalue weighted by Gasteiger charge is -2.08. The molecule has 1 aromatic carbocycles. The maximum atomic E-state index is 11.9. The van der Waals surface area contributed by atoms with Crippen LogP contribution in [0.2, 0.25) is 0 Å². The summed E-state index contributed by atoms with van der Waals surface area (Å²) < 4.78 is 6.41. The molecule has 0 unspecified atom stereocenters. The van der Waals surface area contributed by atoms with Crippen LogP contribution in [-0.4, -0.2) is 25.2 Å². The largest absolute Gasteiger partial charge is 0.379 e. The highest BCUT2D eigenvalue weighted by Crippen LogP contribution is 2.17. The van der Waals surface area contributed by atoms with Crippen molar-refractivity contribution >= 4 is 21.8 Å². The highest BCUT2D eigenvalue weighted by molar-refractivity contribution is 9.10. The zero-order valence-corrected chi connectivity index (χ0v) is 13.4. The molecule has 0 saturated carbocycles. The van der Waals surface area contributed by atoms with E-state index in [9.17, 15) is 4.79 Å².